The summed E-state index contributed by atoms with van der Waals surface area (Å²) < 4.78 is 5.27. The number of rotatable bonds is 9. The van der Waals surface area contributed by atoms with Gasteiger partial charge >= 0.3 is 0 Å². The normalized spacial score (nSPS) is 17.8. The van der Waals surface area contributed by atoms with E-state index < -0.39 is 17.7 Å². The molecule has 1 aliphatic rings. The van der Waals surface area contributed by atoms with Gasteiger partial charge < -0.3 is 19.6 Å². The lowest BCUT2D eigenvalue weighted by Gasteiger charge is -2.28. The molecule has 0 spiro atoms. The second-order valence-corrected chi connectivity index (χ2v) is 8.30. The highest BCUT2D eigenvalue weighted by Crippen LogP contribution is 2.40. The first-order valence-corrected chi connectivity index (χ1v) is 11.6. The zero-order chi connectivity index (χ0) is 24.1. The van der Waals surface area contributed by atoms with Gasteiger partial charge in [-0.05, 0) is 61.3 Å². The molecule has 0 bridgehead atoms. The molecule has 0 aliphatic carbocycles. The highest BCUT2D eigenvalue weighted by atomic mass is 16.5. The highest BCUT2D eigenvalue weighted by molar-refractivity contribution is 6.46. The van der Waals surface area contributed by atoms with E-state index in [1.165, 1.54) is 5.56 Å². The van der Waals surface area contributed by atoms with Crippen molar-refractivity contribution in [2.24, 2.45) is 0 Å². The van der Waals surface area contributed by atoms with Crippen LogP contribution in [0.1, 0.15) is 49.1 Å². The van der Waals surface area contributed by atoms with Crippen LogP contribution in [-0.4, -0.2) is 59.9 Å². The molecule has 6 heteroatoms. The smallest absolute Gasteiger partial charge is 0.295 e. The molecule has 1 unspecified atom stereocenters. The summed E-state index contributed by atoms with van der Waals surface area (Å²) in [6.45, 7) is 10.9. The highest BCUT2D eigenvalue weighted by Gasteiger charge is 2.46. The quantitative estimate of drug-likeness (QED) is 0.350. The SMILES string of the molecule is CCc1ccc(C2C(=C(O)c3ccc(OC)cc3C)C(=O)C(=O)N2CCN(CC)CC)cc1. The summed E-state index contributed by atoms with van der Waals surface area (Å²) in [5.74, 6) is -0.704. The first kappa shape index (κ1) is 24.5. The number of aliphatic hydroxyl groups excluding tert-OH is 1. The molecule has 1 atom stereocenters. The fourth-order valence-corrected chi connectivity index (χ4v) is 4.36. The minimum atomic E-state index is -0.646. The maximum Gasteiger partial charge on any atom is 0.295 e. The number of likely N-dealkylation sites (N-methyl/N-ethyl adjacent to an activating group) is 1. The van der Waals surface area contributed by atoms with Crippen LogP contribution in [0.3, 0.4) is 0 Å². The van der Waals surface area contributed by atoms with E-state index in [0.29, 0.717) is 24.4 Å². The Labute approximate surface area is 196 Å². The van der Waals surface area contributed by atoms with E-state index in [4.69, 9.17) is 4.74 Å². The number of benzene rings is 2. The van der Waals surface area contributed by atoms with Gasteiger partial charge in [0.05, 0.1) is 18.7 Å². The molecule has 6 nitrogen and oxygen atoms in total. The number of carbonyl (C=O) groups excluding carboxylic acids is 2. The average molecular weight is 451 g/mol. The van der Waals surface area contributed by atoms with Crippen LogP contribution in [0.2, 0.25) is 0 Å². The molecule has 0 aromatic heterocycles. The van der Waals surface area contributed by atoms with Crippen molar-refractivity contribution in [2.75, 3.05) is 33.3 Å². The Morgan fingerprint density at radius 3 is 2.27 bits per heavy atom. The van der Waals surface area contributed by atoms with Crippen LogP contribution >= 0.6 is 0 Å². The predicted octanol–water partition coefficient (Wildman–Crippen LogP) is 4.33. The maximum absolute atomic E-state index is 13.2. The Balaban J connectivity index is 2.12. The minimum absolute atomic E-state index is 0.136. The molecule has 0 radical (unpaired) electrons. The summed E-state index contributed by atoms with van der Waals surface area (Å²) in [6.07, 6.45) is 0.896. The number of ketones is 1. The Morgan fingerprint density at radius 2 is 1.73 bits per heavy atom. The molecule has 176 valence electrons. The molecular weight excluding hydrogens is 416 g/mol. The van der Waals surface area contributed by atoms with Crippen molar-refractivity contribution in [3.05, 3.63) is 70.3 Å². The standard InChI is InChI=1S/C27H34N2O4/c1-6-19-9-11-20(12-10-19)24-23(25(30)22-14-13-21(33-5)17-18(22)4)26(31)27(32)29(24)16-15-28(7-2)8-3/h9-14,17,24,30H,6-8,15-16H2,1-5H3. The second-order valence-electron chi connectivity index (χ2n) is 8.30. The lowest BCUT2D eigenvalue weighted by molar-refractivity contribution is -0.140. The van der Waals surface area contributed by atoms with Crippen molar-refractivity contribution in [3.63, 3.8) is 0 Å². The van der Waals surface area contributed by atoms with Crippen LogP contribution in [0.25, 0.3) is 5.76 Å². The molecule has 0 saturated carbocycles. The van der Waals surface area contributed by atoms with Gasteiger partial charge in [-0.2, -0.15) is 0 Å². The molecular formula is C27H34N2O4. The van der Waals surface area contributed by atoms with Crippen LogP contribution in [-0.2, 0) is 16.0 Å². The molecule has 1 fully saturated rings. The van der Waals surface area contributed by atoms with Gasteiger partial charge in [-0.1, -0.05) is 45.0 Å². The largest absolute Gasteiger partial charge is 0.507 e. The Hall–Kier alpha value is -3.12. The number of aryl methyl sites for hydroxylation is 2. The number of Topliss-reactive ketones (excluding diaryl/α,β-unsaturated/α-hetero) is 1. The molecule has 1 aliphatic heterocycles. The van der Waals surface area contributed by atoms with E-state index in [1.807, 2.05) is 31.2 Å². The summed E-state index contributed by atoms with van der Waals surface area (Å²) >= 11 is 0. The van der Waals surface area contributed by atoms with Crippen molar-refractivity contribution in [1.82, 2.24) is 9.80 Å². The van der Waals surface area contributed by atoms with Crippen molar-refractivity contribution in [1.29, 1.82) is 0 Å². The topological polar surface area (TPSA) is 70.1 Å². The van der Waals surface area contributed by atoms with Crippen molar-refractivity contribution in [3.8, 4) is 5.75 Å². The lowest BCUT2D eigenvalue weighted by atomic mass is 9.93. The van der Waals surface area contributed by atoms with Crippen LogP contribution in [0.4, 0.5) is 0 Å². The number of carbonyl (C=O) groups is 2. The fourth-order valence-electron chi connectivity index (χ4n) is 4.36. The number of nitrogens with zero attached hydrogens (tertiary/aromatic N) is 2. The molecule has 1 amide bonds. The van der Waals surface area contributed by atoms with Crippen LogP contribution in [0, 0.1) is 6.92 Å². The summed E-state index contributed by atoms with van der Waals surface area (Å²) in [6, 6.07) is 12.6. The van der Waals surface area contributed by atoms with E-state index in [-0.39, 0.29) is 11.3 Å². The molecule has 1 saturated heterocycles. The van der Waals surface area contributed by atoms with Gasteiger partial charge in [0.1, 0.15) is 11.5 Å². The monoisotopic (exact) mass is 450 g/mol. The van der Waals surface area contributed by atoms with Gasteiger partial charge in [-0.3, -0.25) is 9.59 Å². The van der Waals surface area contributed by atoms with Gasteiger partial charge in [0.2, 0.25) is 0 Å². The zero-order valence-corrected chi connectivity index (χ0v) is 20.2. The third-order valence-electron chi connectivity index (χ3n) is 6.48. The molecule has 1 heterocycles. The Morgan fingerprint density at radius 1 is 1.06 bits per heavy atom. The summed E-state index contributed by atoms with van der Waals surface area (Å²) in [7, 11) is 1.58. The number of ether oxygens (including phenoxy) is 1. The van der Waals surface area contributed by atoms with Crippen molar-refractivity contribution < 1.29 is 19.4 Å². The van der Waals surface area contributed by atoms with Crippen LogP contribution in [0.15, 0.2) is 48.0 Å². The van der Waals surface area contributed by atoms with Crippen molar-refractivity contribution in [2.45, 2.75) is 40.2 Å². The summed E-state index contributed by atoms with van der Waals surface area (Å²) in [5.41, 5.74) is 3.41. The van der Waals surface area contributed by atoms with E-state index in [0.717, 1.165) is 30.6 Å². The number of aliphatic hydroxyl groups is 1. The number of hydrogen-bond acceptors (Lipinski definition) is 5. The van der Waals surface area contributed by atoms with Crippen LogP contribution < -0.4 is 4.74 Å². The van der Waals surface area contributed by atoms with Gasteiger partial charge in [0, 0.05) is 18.7 Å². The molecule has 1 N–H and O–H groups in total. The van der Waals surface area contributed by atoms with Crippen LogP contribution in [0.5, 0.6) is 5.75 Å². The third kappa shape index (κ3) is 4.96. The van der Waals surface area contributed by atoms with Gasteiger partial charge in [-0.15, -0.1) is 0 Å². The molecule has 33 heavy (non-hydrogen) atoms. The first-order valence-electron chi connectivity index (χ1n) is 11.6. The number of likely N-dealkylation sites (tertiary alicyclic amines) is 1. The molecule has 2 aromatic rings. The van der Waals surface area contributed by atoms with E-state index in [9.17, 15) is 14.7 Å². The van der Waals surface area contributed by atoms with Gasteiger partial charge in [0.25, 0.3) is 11.7 Å². The number of methoxy groups -OCH3 is 1. The van der Waals surface area contributed by atoms with E-state index >= 15 is 0 Å². The van der Waals surface area contributed by atoms with Gasteiger partial charge in [0.15, 0.2) is 0 Å². The third-order valence-corrected chi connectivity index (χ3v) is 6.48. The first-order chi connectivity index (χ1) is 15.9. The minimum Gasteiger partial charge on any atom is -0.507 e. The lowest BCUT2D eigenvalue weighted by Crippen LogP contribution is -2.38. The van der Waals surface area contributed by atoms with Gasteiger partial charge in [-0.25, -0.2) is 0 Å². The Bertz CT molecular complexity index is 1040. The van der Waals surface area contributed by atoms with Crippen molar-refractivity contribution >= 4 is 17.4 Å². The zero-order valence-electron chi connectivity index (χ0n) is 20.2. The summed E-state index contributed by atoms with van der Waals surface area (Å²) in [4.78, 5) is 30.1. The fraction of sp³-hybridized carbons (Fsp3) is 0.407. The Kier molecular flexibility index (Phi) is 7.92. The maximum atomic E-state index is 13.2. The predicted molar refractivity (Wildman–Crippen MR) is 130 cm³/mol. The van der Waals surface area contributed by atoms with E-state index in [2.05, 4.69) is 25.7 Å². The van der Waals surface area contributed by atoms with E-state index in [1.54, 1.807) is 30.2 Å². The average Bonchev–Trinajstić information content (AvgIpc) is 3.09. The molecule has 2 aromatic carbocycles. The number of hydrogen-bond donors (Lipinski definition) is 1. The number of amides is 1. The molecule has 3 rings (SSSR count). The second kappa shape index (κ2) is 10.7. The summed E-state index contributed by atoms with van der Waals surface area (Å²) in [5, 5.41) is 11.3.